The van der Waals surface area contributed by atoms with Crippen molar-refractivity contribution in [2.75, 3.05) is 6.61 Å². The number of nitrogens with one attached hydrogen (secondary N) is 1. The van der Waals surface area contributed by atoms with E-state index in [-0.39, 0.29) is 6.04 Å². The van der Waals surface area contributed by atoms with E-state index in [1.54, 1.807) is 6.20 Å². The highest BCUT2D eigenvalue weighted by Crippen LogP contribution is 2.46. The van der Waals surface area contributed by atoms with E-state index in [2.05, 4.69) is 37.2 Å². The Morgan fingerprint density at radius 2 is 2.24 bits per heavy atom. The first-order chi connectivity index (χ1) is 10.1. The lowest BCUT2D eigenvalue weighted by atomic mass is 9.65. The molecule has 0 radical (unpaired) electrons. The molecule has 4 heteroatoms. The van der Waals surface area contributed by atoms with Crippen LogP contribution in [0.15, 0.2) is 18.5 Å². The number of nitrogens with two attached hydrogens (primary N) is 1. The van der Waals surface area contributed by atoms with Gasteiger partial charge in [-0.05, 0) is 42.2 Å². The van der Waals surface area contributed by atoms with Gasteiger partial charge in [-0.25, -0.2) is 0 Å². The van der Waals surface area contributed by atoms with Gasteiger partial charge in [0, 0.05) is 6.20 Å². The number of ether oxygens (including phenoxy) is 1. The lowest BCUT2D eigenvalue weighted by molar-refractivity contribution is 0.0980. The van der Waals surface area contributed by atoms with Crippen LogP contribution in [0.5, 0.6) is 5.75 Å². The highest BCUT2D eigenvalue weighted by atomic mass is 16.5. The molecule has 2 unspecified atom stereocenters. The van der Waals surface area contributed by atoms with Gasteiger partial charge in [0.25, 0.3) is 0 Å². The Kier molecular flexibility index (Phi) is 5.59. The summed E-state index contributed by atoms with van der Waals surface area (Å²) in [5, 5.41) is 0. The molecule has 2 rings (SSSR count). The zero-order valence-corrected chi connectivity index (χ0v) is 13.6. The fourth-order valence-corrected chi connectivity index (χ4v) is 3.49. The van der Waals surface area contributed by atoms with Crippen LogP contribution in [0.25, 0.3) is 0 Å². The average molecular weight is 291 g/mol. The van der Waals surface area contributed by atoms with Crippen molar-refractivity contribution in [1.82, 2.24) is 10.4 Å². The predicted molar refractivity (Wildman–Crippen MR) is 85.8 cm³/mol. The second-order valence-corrected chi connectivity index (χ2v) is 6.79. The first kappa shape index (κ1) is 16.2. The molecule has 0 aromatic carbocycles. The Labute approximate surface area is 128 Å². The summed E-state index contributed by atoms with van der Waals surface area (Å²) in [5.74, 6) is 7.25. The number of hydrogen-bond acceptors (Lipinski definition) is 4. The van der Waals surface area contributed by atoms with Crippen LogP contribution in [0, 0.1) is 11.3 Å². The molecule has 21 heavy (non-hydrogen) atoms. The first-order valence-corrected chi connectivity index (χ1v) is 8.12. The van der Waals surface area contributed by atoms with E-state index >= 15 is 0 Å². The molecule has 1 fully saturated rings. The van der Waals surface area contributed by atoms with Crippen LogP contribution in [-0.4, -0.2) is 11.6 Å². The largest absolute Gasteiger partial charge is 0.492 e. The quantitative estimate of drug-likeness (QED) is 0.621. The van der Waals surface area contributed by atoms with Crippen LogP contribution in [-0.2, 0) is 0 Å². The molecule has 0 amide bonds. The van der Waals surface area contributed by atoms with Crippen LogP contribution in [0.2, 0.25) is 0 Å². The fraction of sp³-hybridized carbons (Fsp3) is 0.706. The van der Waals surface area contributed by atoms with E-state index in [1.165, 1.54) is 25.7 Å². The molecule has 0 saturated heterocycles. The van der Waals surface area contributed by atoms with E-state index in [1.807, 2.05) is 6.20 Å². The van der Waals surface area contributed by atoms with Crippen molar-refractivity contribution < 1.29 is 4.74 Å². The van der Waals surface area contributed by atoms with Crippen molar-refractivity contribution in [2.45, 2.75) is 58.9 Å². The second kappa shape index (κ2) is 7.23. The van der Waals surface area contributed by atoms with Gasteiger partial charge in [-0.2, -0.15) is 0 Å². The van der Waals surface area contributed by atoms with Crippen molar-refractivity contribution in [3.8, 4) is 5.75 Å². The lowest BCUT2D eigenvalue weighted by Gasteiger charge is -2.43. The summed E-state index contributed by atoms with van der Waals surface area (Å²) in [4.78, 5) is 4.33. The van der Waals surface area contributed by atoms with E-state index in [0.29, 0.717) is 11.3 Å². The maximum absolute atomic E-state index is 5.89. The smallest absolute Gasteiger partial charge is 0.137 e. The molecule has 1 aromatic heterocycles. The Morgan fingerprint density at radius 3 is 2.90 bits per heavy atom. The predicted octanol–water partition coefficient (Wildman–Crippen LogP) is 3.59. The summed E-state index contributed by atoms with van der Waals surface area (Å²) >= 11 is 0. The zero-order chi connectivity index (χ0) is 15.3. The van der Waals surface area contributed by atoms with Gasteiger partial charge >= 0.3 is 0 Å². The molecular weight excluding hydrogens is 262 g/mol. The highest BCUT2D eigenvalue weighted by molar-refractivity contribution is 5.27. The van der Waals surface area contributed by atoms with Crippen LogP contribution < -0.4 is 16.0 Å². The monoisotopic (exact) mass is 291 g/mol. The van der Waals surface area contributed by atoms with Crippen LogP contribution in [0.1, 0.15) is 64.5 Å². The summed E-state index contributed by atoms with van der Waals surface area (Å²) in [6.45, 7) is 7.53. The molecule has 1 aromatic rings. The van der Waals surface area contributed by atoms with Crippen LogP contribution >= 0.6 is 0 Å². The maximum Gasteiger partial charge on any atom is 0.137 e. The average Bonchev–Trinajstić information content (AvgIpc) is 2.48. The molecule has 0 spiro atoms. The topological polar surface area (TPSA) is 60.2 Å². The normalized spacial score (nSPS) is 22.8. The number of pyridine rings is 1. The Bertz CT molecular complexity index is 447. The molecule has 0 bridgehead atoms. The third-order valence-corrected chi connectivity index (χ3v) is 4.74. The Hall–Kier alpha value is -1.13. The minimum atomic E-state index is 0.137. The molecule has 0 aliphatic heterocycles. The summed E-state index contributed by atoms with van der Waals surface area (Å²) < 4.78 is 5.70. The van der Waals surface area contributed by atoms with Gasteiger partial charge in [-0.1, -0.05) is 33.6 Å². The second-order valence-electron chi connectivity index (χ2n) is 6.79. The molecule has 3 N–H and O–H groups in total. The van der Waals surface area contributed by atoms with Crippen molar-refractivity contribution in [1.29, 1.82) is 0 Å². The maximum atomic E-state index is 5.89. The summed E-state index contributed by atoms with van der Waals surface area (Å²) in [5.41, 5.74) is 4.46. The van der Waals surface area contributed by atoms with Gasteiger partial charge in [0.05, 0.1) is 18.8 Å². The zero-order valence-electron chi connectivity index (χ0n) is 13.6. The standard InChI is InChI=1S/C17H29N3O/c1-4-9-21-14-10-13(11-19-12-14)16(20-18)15-7-5-6-8-17(15,2)3/h10-12,15-16,20H,4-9,18H2,1-3H3. The van der Waals surface area contributed by atoms with E-state index in [4.69, 9.17) is 10.6 Å². The molecule has 2 atom stereocenters. The third-order valence-electron chi connectivity index (χ3n) is 4.74. The number of nitrogens with zero attached hydrogens (tertiary/aromatic N) is 1. The fourth-order valence-electron chi connectivity index (χ4n) is 3.49. The number of rotatable bonds is 6. The Balaban J connectivity index is 2.20. The van der Waals surface area contributed by atoms with Gasteiger partial charge in [0.2, 0.25) is 0 Å². The van der Waals surface area contributed by atoms with Gasteiger partial charge in [-0.3, -0.25) is 16.3 Å². The van der Waals surface area contributed by atoms with E-state index in [0.717, 1.165) is 24.3 Å². The molecule has 1 aliphatic rings. The van der Waals surface area contributed by atoms with Crippen molar-refractivity contribution >= 4 is 0 Å². The summed E-state index contributed by atoms with van der Waals surface area (Å²) in [6, 6.07) is 2.22. The first-order valence-electron chi connectivity index (χ1n) is 8.12. The van der Waals surface area contributed by atoms with Crippen molar-refractivity contribution in [3.05, 3.63) is 24.0 Å². The van der Waals surface area contributed by atoms with Crippen LogP contribution in [0.4, 0.5) is 0 Å². The molecule has 1 aliphatic carbocycles. The minimum Gasteiger partial charge on any atom is -0.492 e. The third kappa shape index (κ3) is 3.95. The summed E-state index contributed by atoms with van der Waals surface area (Å²) in [7, 11) is 0. The number of hydrazine groups is 1. The summed E-state index contributed by atoms with van der Waals surface area (Å²) in [6.07, 6.45) is 9.76. The molecule has 1 heterocycles. The van der Waals surface area contributed by atoms with Gasteiger partial charge < -0.3 is 4.74 Å². The van der Waals surface area contributed by atoms with E-state index < -0.39 is 0 Å². The van der Waals surface area contributed by atoms with Crippen molar-refractivity contribution in [3.63, 3.8) is 0 Å². The van der Waals surface area contributed by atoms with Gasteiger partial charge in [0.15, 0.2) is 0 Å². The minimum absolute atomic E-state index is 0.137. The molecular formula is C17H29N3O. The van der Waals surface area contributed by atoms with Gasteiger partial charge in [-0.15, -0.1) is 0 Å². The van der Waals surface area contributed by atoms with Crippen molar-refractivity contribution in [2.24, 2.45) is 17.2 Å². The lowest BCUT2D eigenvalue weighted by Crippen LogP contribution is -2.41. The number of hydrogen-bond donors (Lipinski definition) is 2. The number of aromatic nitrogens is 1. The van der Waals surface area contributed by atoms with Gasteiger partial charge in [0.1, 0.15) is 5.75 Å². The molecule has 1 saturated carbocycles. The SMILES string of the molecule is CCCOc1cncc(C(NN)C2CCCCC2(C)C)c1. The van der Waals surface area contributed by atoms with Crippen LogP contribution in [0.3, 0.4) is 0 Å². The Morgan fingerprint density at radius 1 is 1.43 bits per heavy atom. The molecule has 4 nitrogen and oxygen atoms in total. The van der Waals surface area contributed by atoms with E-state index in [9.17, 15) is 0 Å². The highest BCUT2D eigenvalue weighted by Gasteiger charge is 2.38. The molecule has 118 valence electrons.